The third kappa shape index (κ3) is 12.4. The van der Waals surface area contributed by atoms with E-state index in [1.165, 1.54) is 25.7 Å². The molecule has 0 bridgehead atoms. The topological polar surface area (TPSA) is 82.6 Å². The first kappa shape index (κ1) is 28.1. The van der Waals surface area contributed by atoms with Gasteiger partial charge in [-0.05, 0) is 38.3 Å². The molecule has 1 atom stereocenters. The van der Waals surface area contributed by atoms with Crippen molar-refractivity contribution >= 4 is 40.0 Å². The van der Waals surface area contributed by atoms with Crippen molar-refractivity contribution in [3.63, 3.8) is 0 Å². The van der Waals surface area contributed by atoms with Crippen molar-refractivity contribution in [1.82, 2.24) is 15.4 Å². The second kappa shape index (κ2) is 15.0. The van der Waals surface area contributed by atoms with E-state index in [4.69, 9.17) is 0 Å². The summed E-state index contributed by atoms with van der Waals surface area (Å²) in [7, 11) is -1.61. The minimum atomic E-state index is -3.36. The molecule has 0 spiro atoms. The summed E-state index contributed by atoms with van der Waals surface area (Å²) in [4.78, 5) is 4.29. The van der Waals surface area contributed by atoms with Crippen molar-refractivity contribution in [2.24, 2.45) is 4.99 Å². The lowest BCUT2D eigenvalue weighted by molar-refractivity contribution is 0.537. The Labute approximate surface area is 194 Å². The molecule has 0 aliphatic carbocycles. The van der Waals surface area contributed by atoms with Gasteiger partial charge in [0, 0.05) is 25.7 Å². The summed E-state index contributed by atoms with van der Waals surface area (Å²) < 4.78 is 27.2. The molecule has 1 aromatic rings. The SMILES string of the molecule is CCCCCCC(C)NC(=NC)NCc1ccccc1CS(=O)(=O)NC(C)C.I. The standard InChI is InChI=1S/C21H38N4O2S.HI/c1-6-7-8-9-12-18(4)24-21(22-5)23-15-19-13-10-11-14-20(19)16-28(26,27)25-17(2)3;/h10-11,13-14,17-18,25H,6-9,12,15-16H2,1-5H3,(H2,22,23,24);1H. The van der Waals surface area contributed by atoms with E-state index in [-0.39, 0.29) is 35.8 Å². The fraction of sp³-hybridized carbons (Fsp3) is 0.667. The molecular formula is C21H39IN4O2S. The molecule has 3 N–H and O–H groups in total. The number of sulfonamides is 1. The first-order valence-electron chi connectivity index (χ1n) is 10.3. The van der Waals surface area contributed by atoms with E-state index in [0.29, 0.717) is 12.6 Å². The number of rotatable bonds is 12. The van der Waals surface area contributed by atoms with Crippen LogP contribution in [0, 0.1) is 0 Å². The molecule has 0 aliphatic rings. The van der Waals surface area contributed by atoms with E-state index in [1.807, 2.05) is 38.1 Å². The predicted octanol–water partition coefficient (Wildman–Crippen LogP) is 4.16. The summed E-state index contributed by atoms with van der Waals surface area (Å²) in [6.07, 6.45) is 6.11. The zero-order chi connectivity index (χ0) is 21.0. The normalized spacial score (nSPS) is 13.1. The average Bonchev–Trinajstić information content (AvgIpc) is 2.62. The van der Waals surface area contributed by atoms with E-state index in [0.717, 1.165) is 23.5 Å². The highest BCUT2D eigenvalue weighted by Gasteiger charge is 2.15. The molecule has 0 aromatic heterocycles. The minimum absolute atomic E-state index is 0. The van der Waals surface area contributed by atoms with Crippen LogP contribution in [0.1, 0.15) is 70.9 Å². The first-order chi connectivity index (χ1) is 13.3. The lowest BCUT2D eigenvalue weighted by Crippen LogP contribution is -2.42. The number of hydrogen-bond donors (Lipinski definition) is 3. The highest BCUT2D eigenvalue weighted by atomic mass is 127. The summed E-state index contributed by atoms with van der Waals surface area (Å²) in [6.45, 7) is 8.55. The maximum atomic E-state index is 12.3. The molecule has 0 saturated heterocycles. The predicted molar refractivity (Wildman–Crippen MR) is 134 cm³/mol. The maximum Gasteiger partial charge on any atom is 0.216 e. The summed E-state index contributed by atoms with van der Waals surface area (Å²) >= 11 is 0. The Morgan fingerprint density at radius 1 is 1.07 bits per heavy atom. The number of hydrogen-bond acceptors (Lipinski definition) is 3. The van der Waals surface area contributed by atoms with Gasteiger partial charge in [0.15, 0.2) is 5.96 Å². The molecule has 1 aromatic carbocycles. The average molecular weight is 539 g/mol. The van der Waals surface area contributed by atoms with Gasteiger partial charge in [-0.25, -0.2) is 13.1 Å². The largest absolute Gasteiger partial charge is 0.354 e. The number of nitrogens with zero attached hydrogens (tertiary/aromatic N) is 1. The number of unbranched alkanes of at least 4 members (excludes halogenated alkanes) is 3. The molecule has 0 saturated carbocycles. The first-order valence-corrected chi connectivity index (χ1v) is 12.0. The van der Waals surface area contributed by atoms with Crippen LogP contribution in [-0.4, -0.2) is 33.5 Å². The highest BCUT2D eigenvalue weighted by molar-refractivity contribution is 14.0. The lowest BCUT2D eigenvalue weighted by atomic mass is 10.1. The van der Waals surface area contributed by atoms with Gasteiger partial charge in [-0.2, -0.15) is 0 Å². The van der Waals surface area contributed by atoms with Crippen molar-refractivity contribution in [3.8, 4) is 0 Å². The Bertz CT molecular complexity index is 708. The van der Waals surface area contributed by atoms with Crippen molar-refractivity contribution in [1.29, 1.82) is 0 Å². The van der Waals surface area contributed by atoms with Crippen molar-refractivity contribution < 1.29 is 8.42 Å². The van der Waals surface area contributed by atoms with Crippen LogP contribution < -0.4 is 15.4 Å². The summed E-state index contributed by atoms with van der Waals surface area (Å²) in [5, 5.41) is 6.72. The third-order valence-electron chi connectivity index (χ3n) is 4.42. The van der Waals surface area contributed by atoms with Crippen LogP contribution in [0.2, 0.25) is 0 Å². The van der Waals surface area contributed by atoms with Gasteiger partial charge < -0.3 is 10.6 Å². The van der Waals surface area contributed by atoms with Gasteiger partial charge in [-0.1, -0.05) is 56.9 Å². The minimum Gasteiger partial charge on any atom is -0.354 e. The molecule has 6 nitrogen and oxygen atoms in total. The number of guanidine groups is 1. The van der Waals surface area contributed by atoms with Gasteiger partial charge >= 0.3 is 0 Å². The van der Waals surface area contributed by atoms with Gasteiger partial charge in [-0.15, -0.1) is 24.0 Å². The highest BCUT2D eigenvalue weighted by Crippen LogP contribution is 2.12. The van der Waals surface area contributed by atoms with E-state index < -0.39 is 10.0 Å². The van der Waals surface area contributed by atoms with E-state index >= 15 is 0 Å². The Morgan fingerprint density at radius 2 is 1.72 bits per heavy atom. The van der Waals surface area contributed by atoms with Crippen molar-refractivity contribution in [2.75, 3.05) is 7.05 Å². The molecular weight excluding hydrogens is 499 g/mol. The number of benzene rings is 1. The van der Waals surface area contributed by atoms with Crippen LogP contribution in [0.4, 0.5) is 0 Å². The monoisotopic (exact) mass is 538 g/mol. The van der Waals surface area contributed by atoms with E-state index in [9.17, 15) is 8.42 Å². The molecule has 1 rings (SSSR count). The molecule has 168 valence electrons. The molecule has 29 heavy (non-hydrogen) atoms. The quantitative estimate of drug-likeness (QED) is 0.162. The third-order valence-corrected chi connectivity index (χ3v) is 5.94. The van der Waals surface area contributed by atoms with Crippen LogP contribution in [0.25, 0.3) is 0 Å². The summed E-state index contributed by atoms with van der Waals surface area (Å²) in [5.74, 6) is 0.712. The van der Waals surface area contributed by atoms with Crippen molar-refractivity contribution in [2.45, 2.75) is 84.2 Å². The second-order valence-corrected chi connectivity index (χ2v) is 9.37. The van der Waals surface area contributed by atoms with Crippen LogP contribution in [0.3, 0.4) is 0 Å². The molecule has 0 amide bonds. The zero-order valence-electron chi connectivity index (χ0n) is 18.5. The maximum absolute atomic E-state index is 12.3. The molecule has 1 unspecified atom stereocenters. The van der Waals surface area contributed by atoms with Gasteiger partial charge in [0.25, 0.3) is 0 Å². The van der Waals surface area contributed by atoms with Crippen LogP contribution in [-0.2, 0) is 22.3 Å². The number of nitrogens with one attached hydrogen (secondary N) is 3. The van der Waals surface area contributed by atoms with Gasteiger partial charge in [-0.3, -0.25) is 4.99 Å². The number of halogens is 1. The Balaban J connectivity index is 0.00000784. The Hall–Kier alpha value is -0.870. The lowest BCUT2D eigenvalue weighted by Gasteiger charge is -2.19. The molecule has 8 heteroatoms. The zero-order valence-corrected chi connectivity index (χ0v) is 21.6. The Morgan fingerprint density at radius 3 is 2.31 bits per heavy atom. The van der Waals surface area contributed by atoms with Crippen LogP contribution in [0.5, 0.6) is 0 Å². The van der Waals surface area contributed by atoms with Gasteiger partial charge in [0.1, 0.15) is 0 Å². The van der Waals surface area contributed by atoms with Gasteiger partial charge in [0.05, 0.1) is 5.75 Å². The Kier molecular flexibility index (Phi) is 14.6. The molecule has 0 aliphatic heterocycles. The second-order valence-electron chi connectivity index (χ2n) is 7.62. The smallest absolute Gasteiger partial charge is 0.216 e. The van der Waals surface area contributed by atoms with E-state index in [2.05, 4.69) is 34.2 Å². The molecule has 0 radical (unpaired) electrons. The van der Waals surface area contributed by atoms with E-state index in [1.54, 1.807) is 7.05 Å². The van der Waals surface area contributed by atoms with Gasteiger partial charge in [0.2, 0.25) is 10.0 Å². The number of aliphatic imine (C=N–C) groups is 1. The fourth-order valence-electron chi connectivity index (χ4n) is 3.03. The fourth-order valence-corrected chi connectivity index (χ4v) is 4.53. The summed E-state index contributed by atoms with van der Waals surface area (Å²) in [5.41, 5.74) is 1.75. The molecule has 0 fully saturated rings. The van der Waals surface area contributed by atoms with Crippen molar-refractivity contribution in [3.05, 3.63) is 35.4 Å². The summed E-state index contributed by atoms with van der Waals surface area (Å²) in [6, 6.07) is 7.84. The van der Waals surface area contributed by atoms with Crippen LogP contribution in [0.15, 0.2) is 29.3 Å². The molecule has 0 heterocycles. The van der Waals surface area contributed by atoms with Crippen LogP contribution >= 0.6 is 24.0 Å².